The molecule has 0 aromatic carbocycles. The zero-order valence-electron chi connectivity index (χ0n) is 13.6. The van der Waals surface area contributed by atoms with Crippen molar-refractivity contribution in [1.82, 2.24) is 15.2 Å². The third kappa shape index (κ3) is 4.67. The Morgan fingerprint density at radius 3 is 2.33 bits per heavy atom. The highest BCUT2D eigenvalue weighted by Crippen LogP contribution is 2.42. The SMILES string of the molecule is CCN(CC)C(=O)CNC(=O)CC(O)(c1nc(C)cs1)C(F)(F)F. The summed E-state index contributed by atoms with van der Waals surface area (Å²) in [5.41, 5.74) is -3.07. The summed E-state index contributed by atoms with van der Waals surface area (Å²) in [7, 11) is 0. The second-order valence-corrected chi connectivity index (χ2v) is 6.03. The predicted octanol–water partition coefficient (Wildman–Crippen LogP) is 1.58. The second-order valence-electron chi connectivity index (χ2n) is 5.17. The highest BCUT2D eigenvalue weighted by atomic mass is 32.1. The van der Waals surface area contributed by atoms with E-state index in [1.54, 1.807) is 13.8 Å². The van der Waals surface area contributed by atoms with E-state index in [2.05, 4.69) is 10.3 Å². The van der Waals surface area contributed by atoms with Gasteiger partial charge >= 0.3 is 6.18 Å². The minimum atomic E-state index is -5.07. The maximum absolute atomic E-state index is 13.3. The second kappa shape index (κ2) is 7.93. The predicted molar refractivity (Wildman–Crippen MR) is 82.4 cm³/mol. The summed E-state index contributed by atoms with van der Waals surface area (Å²) < 4.78 is 39.8. The van der Waals surface area contributed by atoms with Crippen molar-refractivity contribution >= 4 is 23.2 Å². The minimum absolute atomic E-state index is 0.315. The van der Waals surface area contributed by atoms with E-state index in [4.69, 9.17) is 0 Å². The molecule has 1 aromatic heterocycles. The smallest absolute Gasteiger partial charge is 0.374 e. The molecule has 24 heavy (non-hydrogen) atoms. The first kappa shape index (κ1) is 20.4. The van der Waals surface area contributed by atoms with Gasteiger partial charge in [-0.1, -0.05) is 0 Å². The van der Waals surface area contributed by atoms with Gasteiger partial charge in [0.25, 0.3) is 0 Å². The molecule has 0 aliphatic rings. The Kier molecular flexibility index (Phi) is 6.73. The van der Waals surface area contributed by atoms with E-state index in [0.29, 0.717) is 30.1 Å². The Hall–Kier alpha value is -1.68. The van der Waals surface area contributed by atoms with Crippen LogP contribution in [0.25, 0.3) is 0 Å². The zero-order chi connectivity index (χ0) is 18.5. The van der Waals surface area contributed by atoms with Crippen molar-refractivity contribution in [2.24, 2.45) is 0 Å². The first-order chi connectivity index (χ1) is 11.0. The first-order valence-electron chi connectivity index (χ1n) is 7.31. The van der Waals surface area contributed by atoms with Gasteiger partial charge in [0, 0.05) is 24.2 Å². The van der Waals surface area contributed by atoms with E-state index in [9.17, 15) is 27.9 Å². The fourth-order valence-electron chi connectivity index (χ4n) is 2.00. The Morgan fingerprint density at radius 2 is 1.92 bits per heavy atom. The van der Waals surface area contributed by atoms with Crippen molar-refractivity contribution in [3.8, 4) is 0 Å². The number of amides is 2. The number of aryl methyl sites for hydroxylation is 1. The van der Waals surface area contributed by atoms with Crippen LogP contribution < -0.4 is 5.32 Å². The average Bonchev–Trinajstić information content (AvgIpc) is 2.92. The number of nitrogens with one attached hydrogen (secondary N) is 1. The molecule has 0 saturated heterocycles. The van der Waals surface area contributed by atoms with E-state index in [0.717, 1.165) is 0 Å². The summed E-state index contributed by atoms with van der Waals surface area (Å²) >= 11 is 0.626. The number of aliphatic hydroxyl groups is 1. The maximum atomic E-state index is 13.3. The monoisotopic (exact) mass is 367 g/mol. The molecule has 0 radical (unpaired) electrons. The molecule has 2 amide bonds. The quantitative estimate of drug-likeness (QED) is 0.767. The Morgan fingerprint density at radius 1 is 1.33 bits per heavy atom. The lowest BCUT2D eigenvalue weighted by molar-refractivity contribution is -0.267. The van der Waals surface area contributed by atoms with Gasteiger partial charge in [0.1, 0.15) is 5.01 Å². The van der Waals surface area contributed by atoms with Crippen molar-refractivity contribution in [1.29, 1.82) is 0 Å². The van der Waals surface area contributed by atoms with E-state index in [1.165, 1.54) is 17.2 Å². The summed E-state index contributed by atoms with van der Waals surface area (Å²) in [6.45, 7) is 5.41. The van der Waals surface area contributed by atoms with E-state index < -0.39 is 41.6 Å². The van der Waals surface area contributed by atoms with Crippen molar-refractivity contribution in [3.05, 3.63) is 16.1 Å². The lowest BCUT2D eigenvalue weighted by atomic mass is 9.99. The molecule has 0 spiro atoms. The number of nitrogens with zero attached hydrogens (tertiary/aromatic N) is 2. The lowest BCUT2D eigenvalue weighted by Gasteiger charge is -2.28. The highest BCUT2D eigenvalue weighted by Gasteiger charge is 2.58. The third-order valence-corrected chi connectivity index (χ3v) is 4.52. The number of thiazole rings is 1. The Labute approximate surface area is 141 Å². The van der Waals surface area contributed by atoms with Crippen LogP contribution in [0.5, 0.6) is 0 Å². The molecule has 136 valence electrons. The van der Waals surface area contributed by atoms with E-state index >= 15 is 0 Å². The number of likely N-dealkylation sites (N-methyl/N-ethyl adjacent to an activating group) is 1. The Balaban J connectivity index is 2.82. The lowest BCUT2D eigenvalue weighted by Crippen LogP contribution is -2.47. The third-order valence-electron chi connectivity index (χ3n) is 3.41. The summed E-state index contributed by atoms with van der Waals surface area (Å²) in [5, 5.41) is 12.9. The van der Waals surface area contributed by atoms with Gasteiger partial charge in [-0.3, -0.25) is 9.59 Å². The standard InChI is InChI=1S/C14H20F3N3O3S/c1-4-20(5-2)11(22)7-18-10(21)6-13(23,14(15,16)17)12-19-9(3)8-24-12/h8,23H,4-7H2,1-3H3,(H,18,21). The molecule has 1 heterocycles. The first-order valence-corrected chi connectivity index (χ1v) is 8.19. The fourth-order valence-corrected chi connectivity index (χ4v) is 2.91. The van der Waals surface area contributed by atoms with Gasteiger partial charge in [0.2, 0.25) is 17.4 Å². The van der Waals surface area contributed by atoms with Crippen LogP contribution in [0.3, 0.4) is 0 Å². The molecule has 10 heteroatoms. The van der Waals surface area contributed by atoms with Gasteiger partial charge in [-0.2, -0.15) is 13.2 Å². The molecule has 2 N–H and O–H groups in total. The highest BCUT2D eigenvalue weighted by molar-refractivity contribution is 7.09. The van der Waals surface area contributed by atoms with Crippen LogP contribution in [0.15, 0.2) is 5.38 Å². The Bertz CT molecular complexity index is 587. The van der Waals surface area contributed by atoms with Crippen molar-refractivity contribution in [2.45, 2.75) is 39.0 Å². The zero-order valence-corrected chi connectivity index (χ0v) is 14.4. The molecule has 6 nitrogen and oxygen atoms in total. The molecule has 0 aliphatic heterocycles. The molecule has 1 unspecified atom stereocenters. The summed E-state index contributed by atoms with van der Waals surface area (Å²) in [5.74, 6) is -1.49. The van der Waals surface area contributed by atoms with Gasteiger partial charge in [0.15, 0.2) is 0 Å². The van der Waals surface area contributed by atoms with Crippen LogP contribution in [0, 0.1) is 6.92 Å². The topological polar surface area (TPSA) is 82.5 Å². The largest absolute Gasteiger partial charge is 0.424 e. The number of hydrogen-bond acceptors (Lipinski definition) is 5. The summed E-state index contributed by atoms with van der Waals surface area (Å²) in [6.07, 6.45) is -6.33. The van der Waals surface area contributed by atoms with Crippen LogP contribution in [-0.2, 0) is 15.2 Å². The van der Waals surface area contributed by atoms with Gasteiger partial charge in [-0.05, 0) is 20.8 Å². The van der Waals surface area contributed by atoms with Gasteiger partial charge < -0.3 is 15.3 Å². The molecular formula is C14H20F3N3O3S. The number of halogens is 3. The van der Waals surface area contributed by atoms with Crippen LogP contribution in [-0.4, -0.2) is 52.6 Å². The fraction of sp³-hybridized carbons (Fsp3) is 0.643. The number of rotatable bonds is 7. The van der Waals surface area contributed by atoms with Gasteiger partial charge in [-0.25, -0.2) is 4.98 Å². The molecule has 1 rings (SSSR count). The molecule has 0 fully saturated rings. The number of carbonyl (C=O) groups is 2. The molecular weight excluding hydrogens is 347 g/mol. The van der Waals surface area contributed by atoms with Crippen LogP contribution in [0.2, 0.25) is 0 Å². The number of aromatic nitrogens is 1. The number of hydrogen-bond donors (Lipinski definition) is 2. The van der Waals surface area contributed by atoms with Crippen LogP contribution in [0.1, 0.15) is 31.0 Å². The van der Waals surface area contributed by atoms with Gasteiger partial charge in [-0.15, -0.1) is 11.3 Å². The number of alkyl halides is 3. The molecule has 0 saturated carbocycles. The van der Waals surface area contributed by atoms with E-state index in [1.807, 2.05) is 0 Å². The molecule has 0 bridgehead atoms. The maximum Gasteiger partial charge on any atom is 0.424 e. The van der Waals surface area contributed by atoms with Crippen molar-refractivity contribution in [2.75, 3.05) is 19.6 Å². The average molecular weight is 367 g/mol. The van der Waals surface area contributed by atoms with Crippen molar-refractivity contribution < 1.29 is 27.9 Å². The summed E-state index contributed by atoms with van der Waals surface area (Å²) in [6, 6.07) is 0. The van der Waals surface area contributed by atoms with Gasteiger partial charge in [0.05, 0.1) is 13.0 Å². The minimum Gasteiger partial charge on any atom is -0.374 e. The normalized spacial score (nSPS) is 14.1. The van der Waals surface area contributed by atoms with E-state index in [-0.39, 0.29) is 0 Å². The van der Waals surface area contributed by atoms with Crippen LogP contribution >= 0.6 is 11.3 Å². The van der Waals surface area contributed by atoms with Crippen molar-refractivity contribution in [3.63, 3.8) is 0 Å². The molecule has 0 aliphatic carbocycles. The molecule has 1 aromatic rings. The number of carbonyl (C=O) groups excluding carboxylic acids is 2. The van der Waals surface area contributed by atoms with Crippen LogP contribution in [0.4, 0.5) is 13.2 Å². The molecule has 1 atom stereocenters. The summed E-state index contributed by atoms with van der Waals surface area (Å²) in [4.78, 5) is 28.7.